The fourth-order valence-corrected chi connectivity index (χ4v) is 2.93. The molecule has 2 amide bonds. The van der Waals surface area contributed by atoms with E-state index in [-0.39, 0.29) is 24.8 Å². The van der Waals surface area contributed by atoms with E-state index in [0.717, 1.165) is 18.4 Å². The van der Waals surface area contributed by atoms with Crippen LogP contribution in [0.1, 0.15) is 24.0 Å². The van der Waals surface area contributed by atoms with E-state index in [4.69, 9.17) is 0 Å². The molecule has 136 valence electrons. The minimum absolute atomic E-state index is 0.0233. The van der Waals surface area contributed by atoms with Gasteiger partial charge in [0, 0.05) is 6.54 Å². The summed E-state index contributed by atoms with van der Waals surface area (Å²) in [4.78, 5) is 24.0. The molecule has 26 heavy (non-hydrogen) atoms. The van der Waals surface area contributed by atoms with E-state index in [2.05, 4.69) is 10.6 Å². The van der Waals surface area contributed by atoms with E-state index in [1.54, 1.807) is 0 Å². The van der Waals surface area contributed by atoms with Gasteiger partial charge in [-0.15, -0.1) is 0 Å². The maximum absolute atomic E-state index is 12.9. The van der Waals surface area contributed by atoms with Crippen LogP contribution < -0.4 is 10.6 Å². The van der Waals surface area contributed by atoms with Crippen LogP contribution in [0, 0.1) is 11.7 Å². The van der Waals surface area contributed by atoms with Crippen LogP contribution in [0.5, 0.6) is 0 Å². The van der Waals surface area contributed by atoms with Gasteiger partial charge in [-0.2, -0.15) is 0 Å². The first-order valence-electron chi connectivity index (χ1n) is 8.57. The lowest BCUT2D eigenvalue weighted by atomic mass is 9.88. The number of hydrogen-bond acceptors (Lipinski definition) is 3. The minimum atomic E-state index is -1.17. The summed E-state index contributed by atoms with van der Waals surface area (Å²) in [5.41, 5.74) is 0.245. The zero-order chi connectivity index (χ0) is 18.6. The van der Waals surface area contributed by atoms with Gasteiger partial charge in [0.15, 0.2) is 0 Å². The van der Waals surface area contributed by atoms with E-state index >= 15 is 0 Å². The van der Waals surface area contributed by atoms with E-state index in [0.29, 0.717) is 5.56 Å². The van der Waals surface area contributed by atoms with E-state index in [1.807, 2.05) is 30.3 Å². The van der Waals surface area contributed by atoms with Gasteiger partial charge in [-0.05, 0) is 42.0 Å². The summed E-state index contributed by atoms with van der Waals surface area (Å²) in [5.74, 6) is -1.88. The van der Waals surface area contributed by atoms with Gasteiger partial charge < -0.3 is 15.7 Å². The van der Waals surface area contributed by atoms with Crippen LogP contribution in [-0.2, 0) is 21.7 Å². The van der Waals surface area contributed by atoms with Crippen LogP contribution in [0.4, 0.5) is 4.39 Å². The first kappa shape index (κ1) is 18.1. The van der Waals surface area contributed by atoms with Crippen molar-refractivity contribution < 1.29 is 19.1 Å². The van der Waals surface area contributed by atoms with Crippen molar-refractivity contribution in [3.63, 3.8) is 0 Å². The number of carbonyl (C=O) groups excluding carboxylic acids is 2. The Kier molecular flexibility index (Phi) is 5.32. The molecule has 0 saturated heterocycles. The van der Waals surface area contributed by atoms with E-state index < -0.39 is 17.4 Å². The first-order valence-corrected chi connectivity index (χ1v) is 8.57. The average Bonchev–Trinajstić information content (AvgIpc) is 3.51. The molecule has 0 radical (unpaired) electrons. The summed E-state index contributed by atoms with van der Waals surface area (Å²) in [6, 6.07) is 14.8. The third-order valence-electron chi connectivity index (χ3n) is 4.62. The lowest BCUT2D eigenvalue weighted by molar-refractivity contribution is -0.140. The number of halogens is 1. The molecule has 2 aromatic rings. The van der Waals surface area contributed by atoms with Crippen molar-refractivity contribution in [2.45, 2.75) is 25.0 Å². The number of amides is 2. The number of carbonyl (C=O) groups is 2. The topological polar surface area (TPSA) is 78.4 Å². The molecular formula is C20H21FN2O3. The third-order valence-corrected chi connectivity index (χ3v) is 4.62. The molecule has 3 N–H and O–H groups in total. The second-order valence-corrected chi connectivity index (χ2v) is 6.56. The quantitative estimate of drug-likeness (QED) is 0.692. The number of rotatable bonds is 6. The van der Waals surface area contributed by atoms with Gasteiger partial charge >= 0.3 is 11.8 Å². The average molecular weight is 356 g/mol. The van der Waals surface area contributed by atoms with E-state index in [9.17, 15) is 19.1 Å². The van der Waals surface area contributed by atoms with Gasteiger partial charge in [0.05, 0.1) is 6.54 Å². The summed E-state index contributed by atoms with van der Waals surface area (Å²) >= 11 is 0. The van der Waals surface area contributed by atoms with Crippen molar-refractivity contribution >= 4 is 11.8 Å². The third kappa shape index (κ3) is 4.26. The molecule has 0 bridgehead atoms. The SMILES string of the molecule is O=C(NCc1ccc(F)cc1)C(=O)NCC(O)(c1ccccc1)C1CC1. The van der Waals surface area contributed by atoms with Gasteiger partial charge in [-0.1, -0.05) is 42.5 Å². The summed E-state index contributed by atoms with van der Waals surface area (Å²) in [6.45, 7) is 0.0998. The van der Waals surface area contributed by atoms with Gasteiger partial charge in [-0.3, -0.25) is 9.59 Å². The Labute approximate surface area is 151 Å². The summed E-state index contributed by atoms with van der Waals surface area (Å²) in [6.07, 6.45) is 1.77. The van der Waals surface area contributed by atoms with Crippen molar-refractivity contribution in [2.24, 2.45) is 5.92 Å². The lowest BCUT2D eigenvalue weighted by Crippen LogP contribution is -2.47. The van der Waals surface area contributed by atoms with Gasteiger partial charge in [-0.25, -0.2) is 4.39 Å². The maximum Gasteiger partial charge on any atom is 0.309 e. The van der Waals surface area contributed by atoms with Gasteiger partial charge in [0.2, 0.25) is 0 Å². The predicted molar refractivity (Wildman–Crippen MR) is 94.3 cm³/mol. The molecule has 1 unspecified atom stereocenters. The van der Waals surface area contributed by atoms with Crippen LogP contribution in [0.25, 0.3) is 0 Å². The van der Waals surface area contributed by atoms with Gasteiger partial charge in [0.1, 0.15) is 11.4 Å². The molecule has 0 heterocycles. The van der Waals surface area contributed by atoms with Crippen LogP contribution in [0.15, 0.2) is 54.6 Å². The molecule has 1 aliphatic rings. The molecule has 1 fully saturated rings. The van der Waals surface area contributed by atoms with Crippen molar-refractivity contribution in [3.8, 4) is 0 Å². The molecular weight excluding hydrogens is 335 g/mol. The van der Waals surface area contributed by atoms with Crippen LogP contribution in [-0.4, -0.2) is 23.5 Å². The largest absolute Gasteiger partial charge is 0.383 e. The van der Waals surface area contributed by atoms with Crippen molar-refractivity contribution in [2.75, 3.05) is 6.54 Å². The number of nitrogens with one attached hydrogen (secondary N) is 2. The molecule has 0 aromatic heterocycles. The predicted octanol–water partition coefficient (Wildman–Crippen LogP) is 1.86. The van der Waals surface area contributed by atoms with E-state index in [1.165, 1.54) is 24.3 Å². The smallest absolute Gasteiger partial charge is 0.309 e. The summed E-state index contributed by atoms with van der Waals surface area (Å²) in [5, 5.41) is 16.0. The molecule has 0 spiro atoms. The Morgan fingerprint density at radius 2 is 1.62 bits per heavy atom. The number of aliphatic hydroxyl groups is 1. The normalized spacial score (nSPS) is 15.8. The van der Waals surface area contributed by atoms with Crippen molar-refractivity contribution in [3.05, 3.63) is 71.5 Å². The fourth-order valence-electron chi connectivity index (χ4n) is 2.93. The highest BCUT2D eigenvalue weighted by Gasteiger charge is 2.45. The van der Waals surface area contributed by atoms with Crippen LogP contribution in [0.2, 0.25) is 0 Å². The molecule has 1 aliphatic carbocycles. The Balaban J connectivity index is 1.55. The summed E-state index contributed by atoms with van der Waals surface area (Å²) < 4.78 is 12.9. The standard InChI is InChI=1S/C20H21FN2O3/c21-17-10-6-14(7-11-17)12-22-18(24)19(25)23-13-20(26,16-8-9-16)15-4-2-1-3-5-15/h1-7,10-11,16,26H,8-9,12-13H2,(H,22,24)(H,23,25). The Hall–Kier alpha value is -2.73. The van der Waals surface area contributed by atoms with Crippen molar-refractivity contribution in [1.82, 2.24) is 10.6 Å². The molecule has 3 rings (SSSR count). The molecule has 0 aliphatic heterocycles. The molecule has 2 aromatic carbocycles. The second-order valence-electron chi connectivity index (χ2n) is 6.56. The Morgan fingerprint density at radius 3 is 2.23 bits per heavy atom. The molecule has 1 saturated carbocycles. The zero-order valence-electron chi connectivity index (χ0n) is 14.2. The second kappa shape index (κ2) is 7.66. The number of hydrogen-bond donors (Lipinski definition) is 3. The summed E-state index contributed by atoms with van der Waals surface area (Å²) in [7, 11) is 0. The van der Waals surface area contributed by atoms with Crippen LogP contribution in [0.3, 0.4) is 0 Å². The number of benzene rings is 2. The molecule has 6 heteroatoms. The van der Waals surface area contributed by atoms with Crippen LogP contribution >= 0.6 is 0 Å². The Morgan fingerprint density at radius 1 is 1.00 bits per heavy atom. The fraction of sp³-hybridized carbons (Fsp3) is 0.300. The minimum Gasteiger partial charge on any atom is -0.383 e. The maximum atomic E-state index is 12.9. The first-order chi connectivity index (χ1) is 12.5. The van der Waals surface area contributed by atoms with Crippen molar-refractivity contribution in [1.29, 1.82) is 0 Å². The Bertz CT molecular complexity index is 775. The highest BCUT2D eigenvalue weighted by molar-refractivity contribution is 6.35. The molecule has 1 atom stereocenters. The molecule has 5 nitrogen and oxygen atoms in total. The highest BCUT2D eigenvalue weighted by Crippen LogP contribution is 2.45. The highest BCUT2D eigenvalue weighted by atomic mass is 19.1. The zero-order valence-corrected chi connectivity index (χ0v) is 14.2. The lowest BCUT2D eigenvalue weighted by Gasteiger charge is -2.29. The van der Waals surface area contributed by atoms with Gasteiger partial charge in [0.25, 0.3) is 0 Å². The monoisotopic (exact) mass is 356 g/mol.